The molecule has 157 valence electrons. The van der Waals surface area contributed by atoms with Gasteiger partial charge >= 0.3 is 0 Å². The highest BCUT2D eigenvalue weighted by molar-refractivity contribution is 5.95. The van der Waals surface area contributed by atoms with Crippen LogP contribution in [0.1, 0.15) is 71.1 Å². The minimum Gasteiger partial charge on any atom is -0.369 e. The number of nitrogens with two attached hydrogens (primary N) is 1. The fourth-order valence-corrected chi connectivity index (χ4v) is 3.98. The van der Waals surface area contributed by atoms with Crippen molar-refractivity contribution >= 4 is 23.5 Å². The predicted octanol–water partition coefficient (Wildman–Crippen LogP) is 1.74. The Morgan fingerprint density at radius 3 is 2.57 bits per heavy atom. The fourth-order valence-electron chi connectivity index (χ4n) is 3.98. The normalized spacial score (nSPS) is 22.4. The van der Waals surface area contributed by atoms with Gasteiger partial charge in [0.1, 0.15) is 0 Å². The lowest BCUT2D eigenvalue weighted by molar-refractivity contribution is -0.135. The quantitative estimate of drug-likeness (QED) is 0.655. The summed E-state index contributed by atoms with van der Waals surface area (Å²) >= 11 is 0. The second-order valence-corrected chi connectivity index (χ2v) is 8.27. The van der Waals surface area contributed by atoms with Crippen LogP contribution in [-0.4, -0.2) is 47.5 Å². The van der Waals surface area contributed by atoms with Crippen LogP contribution in [0.4, 0.5) is 0 Å². The van der Waals surface area contributed by atoms with Gasteiger partial charge in [-0.25, -0.2) is 0 Å². The third-order valence-electron chi connectivity index (χ3n) is 5.96. The molecule has 1 heterocycles. The molecule has 3 amide bonds. The summed E-state index contributed by atoms with van der Waals surface area (Å²) in [5.41, 5.74) is 5.18. The van der Waals surface area contributed by atoms with Crippen molar-refractivity contribution in [2.24, 2.45) is 17.6 Å². The van der Waals surface area contributed by atoms with Gasteiger partial charge in [0.15, 0.2) is 5.78 Å². The highest BCUT2D eigenvalue weighted by atomic mass is 16.2. The predicted molar refractivity (Wildman–Crippen MR) is 106 cm³/mol. The van der Waals surface area contributed by atoms with Gasteiger partial charge in [0.05, 0.1) is 19.0 Å². The zero-order valence-electron chi connectivity index (χ0n) is 17.0. The van der Waals surface area contributed by atoms with E-state index in [2.05, 4.69) is 5.32 Å². The number of rotatable bonds is 8. The van der Waals surface area contributed by atoms with Crippen LogP contribution in [0.5, 0.6) is 0 Å². The first-order valence-electron chi connectivity index (χ1n) is 10.6. The van der Waals surface area contributed by atoms with Crippen molar-refractivity contribution in [1.82, 2.24) is 10.2 Å². The van der Waals surface area contributed by atoms with Crippen molar-refractivity contribution in [1.29, 1.82) is 0 Å². The van der Waals surface area contributed by atoms with Crippen LogP contribution in [-0.2, 0) is 19.2 Å². The monoisotopic (exact) mass is 392 g/mol. The molecule has 7 nitrogen and oxygen atoms in total. The molecule has 0 spiro atoms. The summed E-state index contributed by atoms with van der Waals surface area (Å²) in [5.74, 6) is -0.694. The van der Waals surface area contributed by atoms with Gasteiger partial charge in [-0.1, -0.05) is 39.0 Å². The number of Topliss-reactive ketones (excluding diaryl/α,β-unsaturated/α-hetero) is 1. The van der Waals surface area contributed by atoms with Crippen LogP contribution in [0, 0.1) is 18.3 Å². The molecule has 0 aromatic carbocycles. The Bertz CT molecular complexity index is 572. The summed E-state index contributed by atoms with van der Waals surface area (Å²) in [4.78, 5) is 49.8. The van der Waals surface area contributed by atoms with Gasteiger partial charge in [-0.05, 0) is 31.6 Å². The average molecular weight is 393 g/mol. The summed E-state index contributed by atoms with van der Waals surface area (Å²) in [6.07, 6.45) is 10.5. The van der Waals surface area contributed by atoms with E-state index in [-0.39, 0.29) is 30.6 Å². The Labute approximate surface area is 167 Å². The van der Waals surface area contributed by atoms with E-state index in [1.165, 1.54) is 38.5 Å². The van der Waals surface area contributed by atoms with Crippen LogP contribution in [0.2, 0.25) is 0 Å². The molecule has 2 fully saturated rings. The Kier molecular flexibility index (Phi) is 8.93. The molecule has 1 unspecified atom stereocenters. The number of carbonyl (C=O) groups excluding carboxylic acids is 4. The van der Waals surface area contributed by atoms with Crippen molar-refractivity contribution in [2.75, 3.05) is 13.1 Å². The van der Waals surface area contributed by atoms with E-state index in [1.54, 1.807) is 11.8 Å². The molecule has 1 aliphatic carbocycles. The van der Waals surface area contributed by atoms with E-state index in [4.69, 9.17) is 5.73 Å². The number of hydrogen-bond donors (Lipinski definition) is 2. The molecular formula is C21H34N3O4. The topological polar surface area (TPSA) is 110 Å². The Balaban J connectivity index is 1.75. The fraction of sp³-hybridized carbons (Fsp3) is 0.762. The molecule has 0 aromatic heterocycles. The first kappa shape index (κ1) is 22.4. The Morgan fingerprint density at radius 2 is 1.89 bits per heavy atom. The molecule has 7 heteroatoms. The molecule has 3 N–H and O–H groups in total. The van der Waals surface area contributed by atoms with Crippen molar-refractivity contribution in [2.45, 2.75) is 77.2 Å². The lowest BCUT2D eigenvalue weighted by Crippen LogP contribution is -2.44. The van der Waals surface area contributed by atoms with Crippen LogP contribution in [0.25, 0.3) is 0 Å². The standard InChI is InChI=1S/C21H34N3O4/c1-15(21(22)28)9-11-19(26)23-17-8-5-13-24(14-18(17)25)20(27)12-10-16-6-3-2-4-7-16/h11,15-17H,2-10,12-14H2,1H3,(H2,22,28)(H,23,26)/t15?,17-/m0/s1. The number of amides is 3. The third-order valence-corrected chi connectivity index (χ3v) is 5.96. The van der Waals surface area contributed by atoms with Crippen molar-refractivity contribution in [3.63, 3.8) is 0 Å². The second kappa shape index (κ2) is 11.2. The maximum atomic E-state index is 12.5. The maximum absolute atomic E-state index is 12.5. The zero-order valence-corrected chi connectivity index (χ0v) is 17.0. The summed E-state index contributed by atoms with van der Waals surface area (Å²) in [6, 6.07) is -0.580. The number of primary amides is 1. The van der Waals surface area contributed by atoms with Gasteiger partial charge < -0.3 is 16.0 Å². The SMILES string of the molecule is CC(C[CH]C(=O)N[C@H]1CCCN(C(=O)CCC2CCCCC2)CC1=O)C(N)=O. The average Bonchev–Trinajstić information content (AvgIpc) is 2.86. The minimum atomic E-state index is -0.580. The smallest absolute Gasteiger partial charge is 0.224 e. The second-order valence-electron chi connectivity index (χ2n) is 8.27. The van der Waals surface area contributed by atoms with E-state index < -0.39 is 17.9 Å². The van der Waals surface area contributed by atoms with Crippen LogP contribution in [0.3, 0.4) is 0 Å². The molecule has 2 atom stereocenters. The minimum absolute atomic E-state index is 0.0488. The zero-order chi connectivity index (χ0) is 20.5. The highest BCUT2D eigenvalue weighted by Crippen LogP contribution is 2.27. The Morgan fingerprint density at radius 1 is 1.18 bits per heavy atom. The number of carbonyl (C=O) groups is 4. The van der Waals surface area contributed by atoms with Gasteiger partial charge in [-0.3, -0.25) is 19.2 Å². The first-order chi connectivity index (χ1) is 13.4. The van der Waals surface area contributed by atoms with Crippen LogP contribution >= 0.6 is 0 Å². The van der Waals surface area contributed by atoms with E-state index in [0.29, 0.717) is 31.7 Å². The number of nitrogens with zero attached hydrogens (tertiary/aromatic N) is 1. The highest BCUT2D eigenvalue weighted by Gasteiger charge is 2.28. The van der Waals surface area contributed by atoms with E-state index in [1.807, 2.05) is 0 Å². The number of likely N-dealkylation sites (tertiary alicyclic amines) is 1. The molecule has 1 radical (unpaired) electrons. The summed E-state index contributed by atoms with van der Waals surface area (Å²) in [5, 5.41) is 2.71. The third kappa shape index (κ3) is 7.24. The van der Waals surface area contributed by atoms with E-state index in [0.717, 1.165) is 6.42 Å². The molecule has 0 bridgehead atoms. The van der Waals surface area contributed by atoms with Crippen molar-refractivity contribution in [3.05, 3.63) is 6.42 Å². The molecule has 1 aliphatic heterocycles. The van der Waals surface area contributed by atoms with Gasteiger partial charge in [0.25, 0.3) is 0 Å². The van der Waals surface area contributed by atoms with Gasteiger partial charge in [0.2, 0.25) is 17.7 Å². The van der Waals surface area contributed by atoms with Crippen LogP contribution < -0.4 is 11.1 Å². The summed E-state index contributed by atoms with van der Waals surface area (Å²) in [7, 11) is 0. The molecule has 2 rings (SSSR count). The molecular weight excluding hydrogens is 358 g/mol. The maximum Gasteiger partial charge on any atom is 0.224 e. The Hall–Kier alpha value is -1.92. The lowest BCUT2D eigenvalue weighted by Gasteiger charge is -2.24. The number of nitrogens with one attached hydrogen (secondary N) is 1. The van der Waals surface area contributed by atoms with Crippen LogP contribution in [0.15, 0.2) is 0 Å². The number of ketones is 1. The molecule has 1 saturated carbocycles. The van der Waals surface area contributed by atoms with E-state index in [9.17, 15) is 19.2 Å². The van der Waals surface area contributed by atoms with Gasteiger partial charge in [0, 0.05) is 18.9 Å². The van der Waals surface area contributed by atoms with Crippen molar-refractivity contribution < 1.29 is 19.2 Å². The molecule has 1 saturated heterocycles. The summed E-state index contributed by atoms with van der Waals surface area (Å²) < 4.78 is 0. The molecule has 0 aromatic rings. The summed E-state index contributed by atoms with van der Waals surface area (Å²) in [6.45, 7) is 2.27. The largest absolute Gasteiger partial charge is 0.369 e. The molecule has 28 heavy (non-hydrogen) atoms. The van der Waals surface area contributed by atoms with E-state index >= 15 is 0 Å². The van der Waals surface area contributed by atoms with Gasteiger partial charge in [-0.15, -0.1) is 0 Å². The lowest BCUT2D eigenvalue weighted by atomic mass is 9.86. The number of hydrogen-bond acceptors (Lipinski definition) is 4. The molecule has 2 aliphatic rings. The van der Waals surface area contributed by atoms with Gasteiger partial charge in [-0.2, -0.15) is 0 Å². The first-order valence-corrected chi connectivity index (χ1v) is 10.6. The van der Waals surface area contributed by atoms with Crippen molar-refractivity contribution in [3.8, 4) is 0 Å².